The standard InChI is InChI=1S/C14H23NO5/c1-9(2)13(17)20-12(11(4)15(5)6)10(3)14(18)19-8-7-16/h11,16H,1,7-8H2,2-6H3/b12-10+. The first-order chi connectivity index (χ1) is 9.22. The summed E-state index contributed by atoms with van der Waals surface area (Å²) in [6.07, 6.45) is 0. The van der Waals surface area contributed by atoms with Crippen molar-refractivity contribution in [3.8, 4) is 0 Å². The molecule has 0 rings (SSSR count). The quantitative estimate of drug-likeness (QED) is 0.425. The summed E-state index contributed by atoms with van der Waals surface area (Å²) in [5.74, 6) is -1.01. The summed E-state index contributed by atoms with van der Waals surface area (Å²) in [6, 6.07) is -0.292. The summed E-state index contributed by atoms with van der Waals surface area (Å²) in [4.78, 5) is 25.2. The summed E-state index contributed by atoms with van der Waals surface area (Å²) in [7, 11) is 3.59. The Morgan fingerprint density at radius 2 is 1.80 bits per heavy atom. The average Bonchev–Trinajstić information content (AvgIpc) is 2.39. The number of hydrogen-bond acceptors (Lipinski definition) is 6. The van der Waals surface area contributed by atoms with Crippen molar-refractivity contribution in [3.63, 3.8) is 0 Å². The second-order valence-electron chi connectivity index (χ2n) is 4.66. The third-order valence-corrected chi connectivity index (χ3v) is 2.71. The van der Waals surface area contributed by atoms with Gasteiger partial charge in [0.2, 0.25) is 0 Å². The molecule has 0 saturated heterocycles. The van der Waals surface area contributed by atoms with Gasteiger partial charge in [-0.1, -0.05) is 6.58 Å². The van der Waals surface area contributed by atoms with Crippen LogP contribution in [0.4, 0.5) is 0 Å². The minimum atomic E-state index is -0.628. The zero-order chi connectivity index (χ0) is 15.9. The van der Waals surface area contributed by atoms with E-state index in [4.69, 9.17) is 14.6 Å². The van der Waals surface area contributed by atoms with Crippen LogP contribution in [0, 0.1) is 0 Å². The fraction of sp³-hybridized carbons (Fsp3) is 0.571. The van der Waals surface area contributed by atoms with Crippen molar-refractivity contribution in [2.45, 2.75) is 26.8 Å². The van der Waals surface area contributed by atoms with Crippen LogP contribution >= 0.6 is 0 Å². The second-order valence-corrected chi connectivity index (χ2v) is 4.66. The SMILES string of the molecule is C=C(C)C(=O)O/C(=C(\C)C(=O)OCCO)C(C)N(C)C. The highest BCUT2D eigenvalue weighted by molar-refractivity contribution is 5.91. The Labute approximate surface area is 119 Å². The molecule has 0 aromatic heterocycles. The van der Waals surface area contributed by atoms with Gasteiger partial charge in [0.15, 0.2) is 0 Å². The first-order valence-corrected chi connectivity index (χ1v) is 6.25. The Bertz CT molecular complexity index is 412. The predicted molar refractivity (Wildman–Crippen MR) is 74.8 cm³/mol. The molecule has 114 valence electrons. The van der Waals surface area contributed by atoms with Crippen LogP contribution in [0.15, 0.2) is 23.5 Å². The van der Waals surface area contributed by atoms with Crippen LogP contribution in [-0.4, -0.2) is 55.3 Å². The maximum absolute atomic E-state index is 11.8. The lowest BCUT2D eigenvalue weighted by atomic mass is 10.1. The summed E-state index contributed by atoms with van der Waals surface area (Å²) >= 11 is 0. The fourth-order valence-corrected chi connectivity index (χ4v) is 1.24. The predicted octanol–water partition coefficient (Wildman–Crippen LogP) is 0.865. The van der Waals surface area contributed by atoms with E-state index < -0.39 is 11.9 Å². The molecule has 6 nitrogen and oxygen atoms in total. The Hall–Kier alpha value is -1.66. The van der Waals surface area contributed by atoms with Gasteiger partial charge in [0, 0.05) is 5.57 Å². The molecule has 1 N–H and O–H groups in total. The molecule has 0 aliphatic rings. The molecular formula is C14H23NO5. The Balaban J connectivity index is 5.32. The summed E-state index contributed by atoms with van der Waals surface area (Å²) in [5.41, 5.74) is 0.430. The largest absolute Gasteiger partial charge is 0.460 e. The molecule has 0 heterocycles. The van der Waals surface area contributed by atoms with Gasteiger partial charge in [-0.3, -0.25) is 4.90 Å². The van der Waals surface area contributed by atoms with Gasteiger partial charge in [0.05, 0.1) is 18.2 Å². The van der Waals surface area contributed by atoms with Crippen LogP contribution in [0.5, 0.6) is 0 Å². The van der Waals surface area contributed by atoms with E-state index in [-0.39, 0.29) is 36.2 Å². The Kier molecular flexibility index (Phi) is 7.79. The van der Waals surface area contributed by atoms with Gasteiger partial charge in [-0.2, -0.15) is 0 Å². The van der Waals surface area contributed by atoms with E-state index >= 15 is 0 Å². The van der Waals surface area contributed by atoms with Crippen LogP contribution in [0.1, 0.15) is 20.8 Å². The van der Waals surface area contributed by atoms with E-state index in [0.717, 1.165) is 0 Å². The summed E-state index contributed by atoms with van der Waals surface area (Å²) in [6.45, 7) is 7.98. The molecule has 0 spiro atoms. The zero-order valence-electron chi connectivity index (χ0n) is 12.7. The summed E-state index contributed by atoms with van der Waals surface area (Å²) < 4.78 is 10.1. The van der Waals surface area contributed by atoms with Crippen LogP contribution in [0.2, 0.25) is 0 Å². The second kappa shape index (κ2) is 8.50. The minimum Gasteiger partial charge on any atom is -0.460 e. The van der Waals surface area contributed by atoms with Crippen molar-refractivity contribution in [2.24, 2.45) is 0 Å². The molecule has 20 heavy (non-hydrogen) atoms. The number of carbonyl (C=O) groups is 2. The first kappa shape index (κ1) is 18.3. The van der Waals surface area contributed by atoms with E-state index in [0.29, 0.717) is 0 Å². The molecule has 0 fully saturated rings. The van der Waals surface area contributed by atoms with Gasteiger partial charge in [-0.05, 0) is 34.9 Å². The molecule has 1 atom stereocenters. The summed E-state index contributed by atoms with van der Waals surface area (Å²) in [5, 5.41) is 8.65. The molecule has 0 aliphatic carbocycles. The number of aliphatic hydroxyl groups is 1. The van der Waals surface area contributed by atoms with Crippen LogP contribution in [-0.2, 0) is 19.1 Å². The lowest BCUT2D eigenvalue weighted by Gasteiger charge is -2.24. The Morgan fingerprint density at radius 1 is 1.25 bits per heavy atom. The number of likely N-dealkylation sites (N-methyl/N-ethyl adjacent to an activating group) is 1. The van der Waals surface area contributed by atoms with E-state index in [9.17, 15) is 9.59 Å². The van der Waals surface area contributed by atoms with Gasteiger partial charge in [0.1, 0.15) is 12.4 Å². The monoisotopic (exact) mass is 285 g/mol. The van der Waals surface area contributed by atoms with Crippen molar-refractivity contribution in [2.75, 3.05) is 27.3 Å². The van der Waals surface area contributed by atoms with Crippen LogP contribution < -0.4 is 0 Å². The van der Waals surface area contributed by atoms with Gasteiger partial charge >= 0.3 is 11.9 Å². The highest BCUT2D eigenvalue weighted by Gasteiger charge is 2.23. The third kappa shape index (κ3) is 5.54. The number of aliphatic hydroxyl groups excluding tert-OH is 1. The van der Waals surface area contributed by atoms with E-state index in [1.165, 1.54) is 13.8 Å². The Morgan fingerprint density at radius 3 is 2.20 bits per heavy atom. The van der Waals surface area contributed by atoms with E-state index in [2.05, 4.69) is 6.58 Å². The molecule has 0 saturated carbocycles. The smallest absolute Gasteiger partial charge is 0.338 e. The zero-order valence-corrected chi connectivity index (χ0v) is 12.7. The fourth-order valence-electron chi connectivity index (χ4n) is 1.24. The van der Waals surface area contributed by atoms with E-state index in [1.807, 2.05) is 0 Å². The highest BCUT2D eigenvalue weighted by Crippen LogP contribution is 2.17. The van der Waals surface area contributed by atoms with Gasteiger partial charge < -0.3 is 14.6 Å². The number of esters is 2. The number of rotatable bonds is 7. The molecule has 0 aliphatic heterocycles. The van der Waals surface area contributed by atoms with Crippen LogP contribution in [0.25, 0.3) is 0 Å². The lowest BCUT2D eigenvalue weighted by Crippen LogP contribution is -2.31. The van der Waals surface area contributed by atoms with Gasteiger partial charge in [-0.15, -0.1) is 0 Å². The number of ether oxygens (including phenoxy) is 2. The third-order valence-electron chi connectivity index (χ3n) is 2.71. The molecule has 1 unspecified atom stereocenters. The van der Waals surface area contributed by atoms with E-state index in [1.54, 1.807) is 25.9 Å². The maximum atomic E-state index is 11.8. The average molecular weight is 285 g/mol. The van der Waals surface area contributed by atoms with Crippen molar-refractivity contribution >= 4 is 11.9 Å². The molecule has 0 aromatic carbocycles. The number of nitrogens with zero attached hydrogens (tertiary/aromatic N) is 1. The molecule has 0 radical (unpaired) electrons. The minimum absolute atomic E-state index is 0.103. The number of hydrogen-bond donors (Lipinski definition) is 1. The highest BCUT2D eigenvalue weighted by atomic mass is 16.6. The molecule has 0 bridgehead atoms. The molecule has 6 heteroatoms. The van der Waals surface area contributed by atoms with Crippen molar-refractivity contribution in [1.29, 1.82) is 0 Å². The number of carbonyl (C=O) groups excluding carboxylic acids is 2. The molecule has 0 amide bonds. The van der Waals surface area contributed by atoms with Crippen molar-refractivity contribution in [3.05, 3.63) is 23.5 Å². The van der Waals surface area contributed by atoms with Crippen LogP contribution in [0.3, 0.4) is 0 Å². The topological polar surface area (TPSA) is 76.1 Å². The lowest BCUT2D eigenvalue weighted by molar-refractivity contribution is -0.140. The van der Waals surface area contributed by atoms with Gasteiger partial charge in [0.25, 0.3) is 0 Å². The molecular weight excluding hydrogens is 262 g/mol. The van der Waals surface area contributed by atoms with Crippen molar-refractivity contribution in [1.82, 2.24) is 4.90 Å². The first-order valence-electron chi connectivity index (χ1n) is 6.25. The van der Waals surface area contributed by atoms with Gasteiger partial charge in [-0.25, -0.2) is 9.59 Å². The maximum Gasteiger partial charge on any atom is 0.338 e. The van der Waals surface area contributed by atoms with Crippen molar-refractivity contribution < 1.29 is 24.2 Å². The molecule has 0 aromatic rings. The normalized spacial score (nSPS) is 13.6.